The van der Waals surface area contributed by atoms with Gasteiger partial charge >= 0.3 is 11.9 Å². The van der Waals surface area contributed by atoms with Gasteiger partial charge in [0.2, 0.25) is 0 Å². The smallest absolute Gasteiger partial charge is 0.355 e. The van der Waals surface area contributed by atoms with E-state index < -0.39 is 23.6 Å². The molecule has 0 aliphatic carbocycles. The molecule has 1 aromatic heterocycles. The van der Waals surface area contributed by atoms with Crippen LogP contribution in [0.5, 0.6) is 5.75 Å². The molecule has 0 fully saturated rings. The van der Waals surface area contributed by atoms with Crippen molar-refractivity contribution in [1.29, 1.82) is 0 Å². The summed E-state index contributed by atoms with van der Waals surface area (Å²) in [4.78, 5) is 24.6. The van der Waals surface area contributed by atoms with E-state index in [0.717, 1.165) is 16.5 Å². The maximum absolute atomic E-state index is 12.9. The molecule has 0 radical (unpaired) electrons. The minimum absolute atomic E-state index is 0.156. The van der Waals surface area contributed by atoms with E-state index in [1.165, 1.54) is 6.92 Å². The van der Waals surface area contributed by atoms with Crippen molar-refractivity contribution in [2.75, 3.05) is 6.61 Å². The highest BCUT2D eigenvalue weighted by molar-refractivity contribution is 5.95. The predicted octanol–water partition coefficient (Wildman–Crippen LogP) is 4.92. The van der Waals surface area contributed by atoms with E-state index >= 15 is 0 Å². The lowest BCUT2D eigenvalue weighted by Gasteiger charge is -2.22. The third kappa shape index (κ3) is 6.10. The van der Waals surface area contributed by atoms with Gasteiger partial charge in [0.25, 0.3) is 0 Å². The van der Waals surface area contributed by atoms with Crippen LogP contribution < -0.4 is 4.74 Å². The third-order valence-electron chi connectivity index (χ3n) is 4.59. The van der Waals surface area contributed by atoms with E-state index in [2.05, 4.69) is 0 Å². The molecule has 0 N–H and O–H groups in total. The van der Waals surface area contributed by atoms with Gasteiger partial charge < -0.3 is 18.8 Å². The van der Waals surface area contributed by atoms with Crippen LogP contribution in [-0.4, -0.2) is 34.8 Å². The lowest BCUT2D eigenvalue weighted by atomic mass is 10.2. The molecule has 1 atom stereocenters. The van der Waals surface area contributed by atoms with Gasteiger partial charge in [-0.25, -0.2) is 4.79 Å². The number of carbonyl (C=O) groups excluding carboxylic acids is 2. The zero-order valence-corrected chi connectivity index (χ0v) is 18.7. The Kier molecular flexibility index (Phi) is 6.68. The number of rotatable bonds is 7. The lowest BCUT2D eigenvalue weighted by molar-refractivity contribution is -0.148. The monoisotopic (exact) mass is 423 g/mol. The number of hydrogen-bond acceptors (Lipinski definition) is 5. The van der Waals surface area contributed by atoms with Gasteiger partial charge in [0, 0.05) is 17.8 Å². The van der Waals surface area contributed by atoms with Crippen LogP contribution >= 0.6 is 0 Å². The van der Waals surface area contributed by atoms with Crippen LogP contribution in [0.25, 0.3) is 10.9 Å². The lowest BCUT2D eigenvalue weighted by Crippen LogP contribution is -2.31. The summed E-state index contributed by atoms with van der Waals surface area (Å²) < 4.78 is 18.8. The zero-order valence-electron chi connectivity index (χ0n) is 18.7. The molecular weight excluding hydrogens is 394 g/mol. The molecule has 1 unspecified atom stereocenters. The first-order valence-electron chi connectivity index (χ1n) is 10.3. The highest BCUT2D eigenvalue weighted by Crippen LogP contribution is 2.23. The minimum Gasteiger partial charge on any atom is -0.490 e. The Morgan fingerprint density at radius 1 is 1.03 bits per heavy atom. The van der Waals surface area contributed by atoms with E-state index in [1.807, 2.05) is 80.8 Å². The summed E-state index contributed by atoms with van der Waals surface area (Å²) in [5.74, 6) is -0.148. The molecule has 6 nitrogen and oxygen atoms in total. The topological polar surface area (TPSA) is 66.8 Å². The summed E-state index contributed by atoms with van der Waals surface area (Å²) in [5.41, 5.74) is 1.77. The SMILES string of the molecule is CC(=O)OC(COc1ccc(C)cc1)Cn1c(C(=O)OC(C)(C)C)cc2ccccc21. The van der Waals surface area contributed by atoms with Crippen molar-refractivity contribution in [3.63, 3.8) is 0 Å². The number of fused-ring (bicyclic) bond motifs is 1. The van der Waals surface area contributed by atoms with Gasteiger partial charge in [0.15, 0.2) is 6.10 Å². The Labute approximate surface area is 182 Å². The van der Waals surface area contributed by atoms with E-state index in [0.29, 0.717) is 11.4 Å². The summed E-state index contributed by atoms with van der Waals surface area (Å²) in [6.45, 7) is 9.26. The van der Waals surface area contributed by atoms with Gasteiger partial charge in [0.05, 0.1) is 6.54 Å². The van der Waals surface area contributed by atoms with Crippen molar-refractivity contribution in [2.24, 2.45) is 0 Å². The molecule has 2 aromatic carbocycles. The van der Waals surface area contributed by atoms with Crippen LogP contribution in [0.4, 0.5) is 0 Å². The number of hydrogen-bond donors (Lipinski definition) is 0. The number of aromatic nitrogens is 1. The van der Waals surface area contributed by atoms with Crippen LogP contribution in [0.1, 0.15) is 43.7 Å². The maximum Gasteiger partial charge on any atom is 0.355 e. The molecule has 0 aliphatic heterocycles. The Morgan fingerprint density at radius 2 is 1.71 bits per heavy atom. The Balaban J connectivity index is 1.89. The van der Waals surface area contributed by atoms with Gasteiger partial charge in [-0.15, -0.1) is 0 Å². The molecule has 3 rings (SSSR count). The second-order valence-electron chi connectivity index (χ2n) is 8.56. The molecular formula is C25H29NO5. The van der Waals surface area contributed by atoms with Crippen LogP contribution in [0.2, 0.25) is 0 Å². The summed E-state index contributed by atoms with van der Waals surface area (Å²) in [5, 5.41) is 0.907. The fourth-order valence-electron chi connectivity index (χ4n) is 3.29. The van der Waals surface area contributed by atoms with Crippen LogP contribution in [-0.2, 0) is 20.8 Å². The normalized spacial score (nSPS) is 12.4. The van der Waals surface area contributed by atoms with Crippen molar-refractivity contribution >= 4 is 22.8 Å². The molecule has 31 heavy (non-hydrogen) atoms. The van der Waals surface area contributed by atoms with Gasteiger partial charge in [-0.05, 0) is 52.0 Å². The Morgan fingerprint density at radius 3 is 2.35 bits per heavy atom. The van der Waals surface area contributed by atoms with Crippen molar-refractivity contribution in [3.05, 3.63) is 65.9 Å². The van der Waals surface area contributed by atoms with Crippen LogP contribution in [0, 0.1) is 6.92 Å². The molecule has 0 saturated carbocycles. The van der Waals surface area contributed by atoms with Crippen molar-refractivity contribution in [1.82, 2.24) is 4.57 Å². The molecule has 0 spiro atoms. The molecule has 0 saturated heterocycles. The average molecular weight is 424 g/mol. The van der Waals surface area contributed by atoms with Gasteiger partial charge in [-0.3, -0.25) is 4.79 Å². The Bertz CT molecular complexity index is 1060. The largest absolute Gasteiger partial charge is 0.490 e. The van der Waals surface area contributed by atoms with Crippen molar-refractivity contribution in [2.45, 2.75) is 52.9 Å². The number of aryl methyl sites for hydroxylation is 1. The fraction of sp³-hybridized carbons (Fsp3) is 0.360. The number of para-hydroxylation sites is 1. The summed E-state index contributed by atoms with van der Waals surface area (Å²) in [7, 11) is 0. The second-order valence-corrected chi connectivity index (χ2v) is 8.56. The third-order valence-corrected chi connectivity index (χ3v) is 4.59. The van der Waals surface area contributed by atoms with Gasteiger partial charge in [-0.1, -0.05) is 35.9 Å². The Hall–Kier alpha value is -3.28. The highest BCUT2D eigenvalue weighted by atomic mass is 16.6. The summed E-state index contributed by atoms with van der Waals surface area (Å²) in [6.07, 6.45) is -0.587. The second kappa shape index (κ2) is 9.25. The van der Waals surface area contributed by atoms with Crippen molar-refractivity contribution in [3.8, 4) is 5.75 Å². The van der Waals surface area contributed by atoms with Crippen LogP contribution in [0.15, 0.2) is 54.6 Å². The fourth-order valence-corrected chi connectivity index (χ4v) is 3.29. The van der Waals surface area contributed by atoms with E-state index in [-0.39, 0.29) is 13.2 Å². The molecule has 3 aromatic rings. The number of nitrogens with zero attached hydrogens (tertiary/aromatic N) is 1. The van der Waals surface area contributed by atoms with Gasteiger partial charge in [0.1, 0.15) is 23.7 Å². The minimum atomic E-state index is -0.623. The standard InChI is InChI=1S/C25H29NO5/c1-17-10-12-20(13-11-17)29-16-21(30-18(2)27)15-26-22-9-7-6-8-19(22)14-23(26)24(28)31-25(3,4)5/h6-14,21H,15-16H2,1-5H3. The number of benzene rings is 2. The number of esters is 2. The summed E-state index contributed by atoms with van der Waals surface area (Å²) in [6, 6.07) is 17.1. The predicted molar refractivity (Wildman–Crippen MR) is 119 cm³/mol. The number of ether oxygens (including phenoxy) is 3. The van der Waals surface area contributed by atoms with Crippen molar-refractivity contribution < 1.29 is 23.8 Å². The molecule has 1 heterocycles. The zero-order chi connectivity index (χ0) is 22.6. The summed E-state index contributed by atoms with van der Waals surface area (Å²) >= 11 is 0. The molecule has 0 bridgehead atoms. The van der Waals surface area contributed by atoms with E-state index in [9.17, 15) is 9.59 Å². The average Bonchev–Trinajstić information content (AvgIpc) is 3.04. The molecule has 0 aliphatic rings. The first-order chi connectivity index (χ1) is 14.6. The van der Waals surface area contributed by atoms with E-state index in [4.69, 9.17) is 14.2 Å². The maximum atomic E-state index is 12.9. The highest BCUT2D eigenvalue weighted by Gasteiger charge is 2.25. The van der Waals surface area contributed by atoms with Gasteiger partial charge in [-0.2, -0.15) is 0 Å². The van der Waals surface area contributed by atoms with E-state index in [1.54, 1.807) is 6.07 Å². The quantitative estimate of drug-likeness (QED) is 0.505. The van der Waals surface area contributed by atoms with Crippen LogP contribution in [0.3, 0.4) is 0 Å². The molecule has 0 amide bonds. The molecule has 6 heteroatoms. The first kappa shape index (κ1) is 22.4. The number of carbonyl (C=O) groups is 2. The first-order valence-corrected chi connectivity index (χ1v) is 10.3. The molecule has 164 valence electrons.